The Bertz CT molecular complexity index is 829. The van der Waals surface area contributed by atoms with Crippen LogP contribution in [0, 0.1) is 0 Å². The summed E-state index contributed by atoms with van der Waals surface area (Å²) in [5.74, 6) is -0.201. The van der Waals surface area contributed by atoms with Gasteiger partial charge in [-0.1, -0.05) is 32.9 Å². The predicted octanol–water partition coefficient (Wildman–Crippen LogP) is 3.85. The van der Waals surface area contributed by atoms with Gasteiger partial charge in [0, 0.05) is 18.2 Å². The third kappa shape index (κ3) is 6.07. The lowest BCUT2D eigenvalue weighted by Crippen LogP contribution is -2.41. The Labute approximate surface area is 173 Å². The Hall–Kier alpha value is -2.38. The average Bonchev–Trinajstić information content (AvgIpc) is 2.66. The Morgan fingerprint density at radius 3 is 2.04 bits per heavy atom. The molecule has 0 aliphatic rings. The Balaban J connectivity index is 1.94. The fourth-order valence-corrected chi connectivity index (χ4v) is 2.87. The van der Waals surface area contributed by atoms with Crippen molar-refractivity contribution in [1.29, 1.82) is 0 Å². The number of hydrazine groups is 1. The van der Waals surface area contributed by atoms with Crippen molar-refractivity contribution >= 4 is 27.7 Å². The van der Waals surface area contributed by atoms with Crippen LogP contribution in [0.4, 0.5) is 0 Å². The van der Waals surface area contributed by atoms with Crippen LogP contribution >= 0.6 is 15.9 Å². The quantitative estimate of drug-likeness (QED) is 0.519. The molecule has 0 saturated heterocycles. The summed E-state index contributed by atoms with van der Waals surface area (Å²) in [6, 6.07) is 12.2. The number of benzene rings is 2. The molecular formula is C21H25BrN2O4. The van der Waals surface area contributed by atoms with Crippen LogP contribution in [0.15, 0.2) is 46.9 Å². The molecule has 0 aromatic heterocycles. The first-order valence-corrected chi connectivity index (χ1v) is 9.64. The molecule has 0 heterocycles. The van der Waals surface area contributed by atoms with Gasteiger partial charge in [-0.05, 0) is 57.2 Å². The number of methoxy groups -OCH3 is 1. The molecule has 0 bridgehead atoms. The molecule has 0 aliphatic heterocycles. The Morgan fingerprint density at radius 1 is 0.929 bits per heavy atom. The molecule has 2 N–H and O–H groups in total. The predicted molar refractivity (Wildman–Crippen MR) is 112 cm³/mol. The summed E-state index contributed by atoms with van der Waals surface area (Å²) >= 11 is 3.37. The summed E-state index contributed by atoms with van der Waals surface area (Å²) in [4.78, 5) is 24.5. The molecule has 0 unspecified atom stereocenters. The number of halogens is 1. The van der Waals surface area contributed by atoms with Crippen molar-refractivity contribution in [2.45, 2.75) is 26.2 Å². The van der Waals surface area contributed by atoms with Crippen molar-refractivity contribution in [3.05, 3.63) is 63.6 Å². The molecule has 7 heteroatoms. The van der Waals surface area contributed by atoms with Crippen LogP contribution < -0.4 is 15.6 Å². The van der Waals surface area contributed by atoms with Gasteiger partial charge in [-0.15, -0.1) is 0 Å². The van der Waals surface area contributed by atoms with E-state index in [0.29, 0.717) is 34.6 Å². The van der Waals surface area contributed by atoms with E-state index in [1.54, 1.807) is 37.4 Å². The van der Waals surface area contributed by atoms with E-state index in [-0.39, 0.29) is 11.3 Å². The zero-order chi connectivity index (χ0) is 20.7. The topological polar surface area (TPSA) is 76.7 Å². The summed E-state index contributed by atoms with van der Waals surface area (Å²) < 4.78 is 11.1. The van der Waals surface area contributed by atoms with Crippen LogP contribution in [-0.2, 0) is 10.2 Å². The number of nitrogens with one attached hydrogen (secondary N) is 2. The average molecular weight is 449 g/mol. The number of hydrogen-bond acceptors (Lipinski definition) is 4. The summed E-state index contributed by atoms with van der Waals surface area (Å²) in [5.41, 5.74) is 6.84. The minimum Gasteiger partial charge on any atom is -0.490 e. The van der Waals surface area contributed by atoms with Crippen LogP contribution in [0.3, 0.4) is 0 Å². The normalized spacial score (nSPS) is 11.0. The molecule has 28 heavy (non-hydrogen) atoms. The lowest BCUT2D eigenvalue weighted by molar-refractivity contribution is 0.0846. The summed E-state index contributed by atoms with van der Waals surface area (Å²) in [6.07, 6.45) is 0. The molecule has 0 radical (unpaired) electrons. The highest BCUT2D eigenvalue weighted by Crippen LogP contribution is 2.26. The van der Waals surface area contributed by atoms with Gasteiger partial charge in [0.2, 0.25) is 0 Å². The molecule has 0 spiro atoms. The van der Waals surface area contributed by atoms with Gasteiger partial charge in [0.15, 0.2) is 0 Å². The molecule has 2 amide bonds. The first kappa shape index (κ1) is 21.9. The minimum atomic E-state index is -0.427. The van der Waals surface area contributed by atoms with Crippen molar-refractivity contribution in [3.8, 4) is 5.75 Å². The van der Waals surface area contributed by atoms with E-state index < -0.39 is 5.91 Å². The van der Waals surface area contributed by atoms with E-state index in [2.05, 4.69) is 47.6 Å². The highest BCUT2D eigenvalue weighted by molar-refractivity contribution is 9.10. The second-order valence-corrected chi connectivity index (χ2v) is 8.08. The third-order valence-electron chi connectivity index (χ3n) is 4.04. The second kappa shape index (κ2) is 9.71. The van der Waals surface area contributed by atoms with Gasteiger partial charge >= 0.3 is 0 Å². The standard InChI is InChI=1S/C21H25BrN2O4/c1-21(2,3)16-8-5-14(6-9-16)19(25)23-24-20(26)15-7-10-18(17(22)13-15)28-12-11-27-4/h5-10,13H,11-12H2,1-4H3,(H,23,25)(H,24,26). The molecule has 2 aromatic carbocycles. The SMILES string of the molecule is COCCOc1ccc(C(=O)NNC(=O)c2ccc(C(C)(C)C)cc2)cc1Br. The van der Waals surface area contributed by atoms with Gasteiger partial charge in [0.1, 0.15) is 12.4 Å². The van der Waals surface area contributed by atoms with E-state index in [1.165, 1.54) is 0 Å². The van der Waals surface area contributed by atoms with E-state index in [4.69, 9.17) is 9.47 Å². The molecular weight excluding hydrogens is 424 g/mol. The maximum absolute atomic E-state index is 12.3. The summed E-state index contributed by atoms with van der Waals surface area (Å²) in [6.45, 7) is 7.19. The van der Waals surface area contributed by atoms with Crippen LogP contribution in [0.5, 0.6) is 5.75 Å². The largest absolute Gasteiger partial charge is 0.490 e. The molecule has 0 atom stereocenters. The summed E-state index contributed by atoms with van der Waals surface area (Å²) in [5, 5.41) is 0. The Kier molecular flexibility index (Phi) is 7.60. The zero-order valence-corrected chi connectivity index (χ0v) is 18.1. The van der Waals surface area contributed by atoms with Crippen molar-refractivity contribution in [3.63, 3.8) is 0 Å². The maximum atomic E-state index is 12.3. The smallest absolute Gasteiger partial charge is 0.269 e. The van der Waals surface area contributed by atoms with Crippen molar-refractivity contribution in [2.75, 3.05) is 20.3 Å². The van der Waals surface area contributed by atoms with Crippen LogP contribution in [-0.4, -0.2) is 32.1 Å². The number of carbonyl (C=O) groups excluding carboxylic acids is 2. The lowest BCUT2D eigenvalue weighted by Gasteiger charge is -2.19. The lowest BCUT2D eigenvalue weighted by atomic mass is 9.87. The highest BCUT2D eigenvalue weighted by Gasteiger charge is 2.15. The van der Waals surface area contributed by atoms with Gasteiger partial charge in [0.25, 0.3) is 11.8 Å². The first-order chi connectivity index (χ1) is 13.2. The van der Waals surface area contributed by atoms with Crippen LogP contribution in [0.25, 0.3) is 0 Å². The molecule has 0 fully saturated rings. The fraction of sp³-hybridized carbons (Fsp3) is 0.333. The van der Waals surface area contributed by atoms with E-state index in [0.717, 1.165) is 5.56 Å². The van der Waals surface area contributed by atoms with Gasteiger partial charge in [-0.2, -0.15) is 0 Å². The maximum Gasteiger partial charge on any atom is 0.269 e. The first-order valence-electron chi connectivity index (χ1n) is 8.85. The molecule has 0 saturated carbocycles. The van der Waals surface area contributed by atoms with E-state index in [9.17, 15) is 9.59 Å². The fourth-order valence-electron chi connectivity index (χ4n) is 2.37. The minimum absolute atomic E-state index is 0.00997. The second-order valence-electron chi connectivity index (χ2n) is 7.22. The monoisotopic (exact) mass is 448 g/mol. The molecule has 150 valence electrons. The molecule has 0 aliphatic carbocycles. The van der Waals surface area contributed by atoms with Gasteiger partial charge in [-0.3, -0.25) is 20.4 Å². The molecule has 6 nitrogen and oxygen atoms in total. The third-order valence-corrected chi connectivity index (χ3v) is 4.66. The summed E-state index contributed by atoms with van der Waals surface area (Å²) in [7, 11) is 1.60. The number of amides is 2. The number of carbonyl (C=O) groups is 2. The van der Waals surface area contributed by atoms with Gasteiger partial charge < -0.3 is 9.47 Å². The van der Waals surface area contributed by atoms with Gasteiger partial charge in [0.05, 0.1) is 11.1 Å². The Morgan fingerprint density at radius 2 is 1.50 bits per heavy atom. The van der Waals surface area contributed by atoms with Crippen LogP contribution in [0.2, 0.25) is 0 Å². The zero-order valence-electron chi connectivity index (χ0n) is 16.5. The number of rotatable bonds is 6. The van der Waals surface area contributed by atoms with Crippen molar-refractivity contribution < 1.29 is 19.1 Å². The molecule has 2 aromatic rings. The van der Waals surface area contributed by atoms with Crippen molar-refractivity contribution in [1.82, 2.24) is 10.9 Å². The van der Waals surface area contributed by atoms with E-state index >= 15 is 0 Å². The van der Waals surface area contributed by atoms with Crippen LogP contribution in [0.1, 0.15) is 47.1 Å². The van der Waals surface area contributed by atoms with E-state index in [1.807, 2.05) is 12.1 Å². The van der Waals surface area contributed by atoms with Gasteiger partial charge in [-0.25, -0.2) is 0 Å². The molecule has 2 rings (SSSR count). The van der Waals surface area contributed by atoms with Crippen molar-refractivity contribution in [2.24, 2.45) is 0 Å². The highest BCUT2D eigenvalue weighted by atomic mass is 79.9. The number of hydrogen-bond donors (Lipinski definition) is 2. The number of ether oxygens (including phenoxy) is 2.